The number of carbonyl (C=O) groups excluding carboxylic acids is 2. The second kappa shape index (κ2) is 9.74. The first-order valence-corrected chi connectivity index (χ1v) is 11.6. The van der Waals surface area contributed by atoms with E-state index in [0.717, 1.165) is 16.1 Å². The van der Waals surface area contributed by atoms with E-state index in [2.05, 4.69) is 15.1 Å². The van der Waals surface area contributed by atoms with E-state index in [1.54, 1.807) is 17.6 Å². The van der Waals surface area contributed by atoms with E-state index in [-0.39, 0.29) is 37.1 Å². The van der Waals surface area contributed by atoms with Gasteiger partial charge in [-0.2, -0.15) is 0 Å². The SMILES string of the molecule is Cc1ncsc1-c1ccc(CNC(=O)[C@@H]2C[C@@H](O)CN2C(=O)C(NCl)C(C)(C)C)c(O)c1. The van der Waals surface area contributed by atoms with Gasteiger partial charge in [-0.05, 0) is 35.7 Å². The number of phenolic OH excluding ortho intramolecular Hbond substituents is 1. The molecule has 32 heavy (non-hydrogen) atoms. The predicted octanol–water partition coefficient (Wildman–Crippen LogP) is 2.56. The standard InChI is InChI=1S/C22H29ClN4O4S/c1-12-18(32-11-25-12)13-5-6-14(17(29)7-13)9-24-20(30)16-8-15(28)10-27(16)21(31)19(26-23)22(2,3)4/h5-7,11,15-16,19,26,28-29H,8-10H2,1-4H3,(H,24,30)/t15-,16+,19?/m1/s1. The Morgan fingerprint density at radius 1 is 1.38 bits per heavy atom. The number of likely N-dealkylation sites (tertiary alicyclic amines) is 1. The highest BCUT2D eigenvalue weighted by Gasteiger charge is 2.43. The molecule has 8 nitrogen and oxygen atoms in total. The number of aromatic nitrogens is 1. The van der Waals surface area contributed by atoms with E-state index in [1.165, 1.54) is 16.2 Å². The maximum absolute atomic E-state index is 13.0. The zero-order valence-corrected chi connectivity index (χ0v) is 20.1. The number of phenols is 1. The van der Waals surface area contributed by atoms with Gasteiger partial charge in [0.2, 0.25) is 11.8 Å². The quantitative estimate of drug-likeness (QED) is 0.472. The molecule has 2 heterocycles. The van der Waals surface area contributed by atoms with Gasteiger partial charge in [0.15, 0.2) is 0 Å². The summed E-state index contributed by atoms with van der Waals surface area (Å²) in [6.45, 7) is 7.67. The number of nitrogens with zero attached hydrogens (tertiary/aromatic N) is 2. The average molecular weight is 481 g/mol. The molecule has 0 spiro atoms. The zero-order chi connectivity index (χ0) is 23.6. The van der Waals surface area contributed by atoms with Crippen molar-refractivity contribution >= 4 is 34.9 Å². The molecule has 1 aliphatic heterocycles. The van der Waals surface area contributed by atoms with Gasteiger partial charge in [-0.15, -0.1) is 11.3 Å². The predicted molar refractivity (Wildman–Crippen MR) is 124 cm³/mol. The van der Waals surface area contributed by atoms with E-state index in [1.807, 2.05) is 33.8 Å². The smallest absolute Gasteiger partial charge is 0.243 e. The molecule has 174 valence electrons. The van der Waals surface area contributed by atoms with Crippen molar-refractivity contribution in [3.63, 3.8) is 0 Å². The Balaban J connectivity index is 1.69. The van der Waals surface area contributed by atoms with Crippen LogP contribution in [0.4, 0.5) is 0 Å². The number of halogens is 1. The highest BCUT2D eigenvalue weighted by atomic mass is 35.5. The van der Waals surface area contributed by atoms with Crippen molar-refractivity contribution < 1.29 is 19.8 Å². The molecule has 0 radical (unpaired) electrons. The van der Waals surface area contributed by atoms with Crippen LogP contribution >= 0.6 is 23.1 Å². The lowest BCUT2D eigenvalue weighted by atomic mass is 9.86. The average Bonchev–Trinajstić information content (AvgIpc) is 3.31. The Morgan fingerprint density at radius 3 is 2.66 bits per heavy atom. The molecule has 2 amide bonds. The maximum Gasteiger partial charge on any atom is 0.243 e. The Labute approximate surface area is 196 Å². The summed E-state index contributed by atoms with van der Waals surface area (Å²) in [5.41, 5.74) is 3.58. The second-order valence-electron chi connectivity index (χ2n) is 9.13. The maximum atomic E-state index is 13.0. The van der Waals surface area contributed by atoms with E-state index >= 15 is 0 Å². The molecular weight excluding hydrogens is 452 g/mol. The van der Waals surface area contributed by atoms with Gasteiger partial charge in [0, 0.05) is 25.1 Å². The van der Waals surface area contributed by atoms with Crippen molar-refractivity contribution in [3.8, 4) is 16.2 Å². The van der Waals surface area contributed by atoms with Crippen LogP contribution in [0.15, 0.2) is 23.7 Å². The fourth-order valence-electron chi connectivity index (χ4n) is 3.79. The molecule has 1 aromatic heterocycles. The number of amides is 2. The number of benzene rings is 1. The minimum Gasteiger partial charge on any atom is -0.508 e. The number of hydrogen-bond donors (Lipinski definition) is 4. The Morgan fingerprint density at radius 2 is 2.09 bits per heavy atom. The van der Waals surface area contributed by atoms with Gasteiger partial charge >= 0.3 is 0 Å². The van der Waals surface area contributed by atoms with Gasteiger partial charge in [0.05, 0.1) is 22.2 Å². The Kier molecular flexibility index (Phi) is 7.44. The molecule has 0 saturated carbocycles. The van der Waals surface area contributed by atoms with Crippen LogP contribution in [0.1, 0.15) is 38.4 Å². The van der Waals surface area contributed by atoms with E-state index in [0.29, 0.717) is 5.56 Å². The first-order chi connectivity index (χ1) is 15.0. The first-order valence-electron chi connectivity index (χ1n) is 10.4. The minimum absolute atomic E-state index is 0.0640. The molecule has 1 fully saturated rings. The number of aliphatic hydroxyl groups excluding tert-OH is 1. The summed E-state index contributed by atoms with van der Waals surface area (Å²) in [5.74, 6) is -0.663. The molecule has 0 aliphatic carbocycles. The van der Waals surface area contributed by atoms with Crippen LogP contribution in [0.3, 0.4) is 0 Å². The van der Waals surface area contributed by atoms with E-state index in [9.17, 15) is 19.8 Å². The second-order valence-corrected chi connectivity index (χ2v) is 10.2. The lowest BCUT2D eigenvalue weighted by Crippen LogP contribution is -2.54. The van der Waals surface area contributed by atoms with Crippen molar-refractivity contribution in [2.45, 2.75) is 58.8 Å². The normalized spacial score (nSPS) is 19.8. The Hall–Kier alpha value is -2.20. The third-order valence-electron chi connectivity index (χ3n) is 5.63. The molecule has 1 aliphatic rings. The van der Waals surface area contributed by atoms with Crippen LogP contribution in [0.2, 0.25) is 0 Å². The van der Waals surface area contributed by atoms with Crippen LogP contribution in [0.25, 0.3) is 10.4 Å². The highest BCUT2D eigenvalue weighted by molar-refractivity contribution is 7.13. The molecule has 10 heteroatoms. The van der Waals surface area contributed by atoms with Crippen molar-refractivity contribution in [2.24, 2.45) is 5.41 Å². The summed E-state index contributed by atoms with van der Waals surface area (Å²) in [4.78, 5) is 35.0. The van der Waals surface area contributed by atoms with Gasteiger partial charge in [-0.3, -0.25) is 9.59 Å². The van der Waals surface area contributed by atoms with Gasteiger partial charge in [0.1, 0.15) is 17.8 Å². The van der Waals surface area contributed by atoms with Crippen LogP contribution < -0.4 is 10.2 Å². The van der Waals surface area contributed by atoms with Crippen molar-refractivity contribution in [2.75, 3.05) is 6.54 Å². The van der Waals surface area contributed by atoms with Gasteiger partial charge in [-0.1, -0.05) is 32.9 Å². The minimum atomic E-state index is -0.811. The monoisotopic (exact) mass is 480 g/mol. The summed E-state index contributed by atoms with van der Waals surface area (Å²) in [5, 5.41) is 23.3. The molecule has 3 atom stereocenters. The largest absolute Gasteiger partial charge is 0.508 e. The van der Waals surface area contributed by atoms with Gasteiger partial charge in [0.25, 0.3) is 0 Å². The number of β-amino-alcohol motifs (C(OH)–C–C–N with tert-alkyl or cyclic N) is 1. The lowest BCUT2D eigenvalue weighted by Gasteiger charge is -2.33. The summed E-state index contributed by atoms with van der Waals surface area (Å²) in [7, 11) is 0. The lowest BCUT2D eigenvalue weighted by molar-refractivity contribution is -0.141. The van der Waals surface area contributed by atoms with Crippen LogP contribution in [-0.4, -0.2) is 56.6 Å². The fourth-order valence-corrected chi connectivity index (χ4v) is 5.01. The number of carbonyl (C=O) groups is 2. The summed E-state index contributed by atoms with van der Waals surface area (Å²) < 4.78 is 0. The van der Waals surface area contributed by atoms with Crippen LogP contribution in [0.5, 0.6) is 5.75 Å². The first kappa shape index (κ1) is 24.4. The highest BCUT2D eigenvalue weighted by Crippen LogP contribution is 2.31. The topological polar surface area (TPSA) is 115 Å². The third-order valence-corrected chi connectivity index (χ3v) is 6.83. The molecule has 0 bridgehead atoms. The summed E-state index contributed by atoms with van der Waals surface area (Å²) in [6, 6.07) is 3.75. The number of hydrogen-bond acceptors (Lipinski definition) is 7. The van der Waals surface area contributed by atoms with Crippen molar-refractivity contribution in [1.82, 2.24) is 20.0 Å². The number of aliphatic hydroxyl groups is 1. The van der Waals surface area contributed by atoms with Gasteiger partial charge in [-0.25, -0.2) is 9.82 Å². The van der Waals surface area contributed by atoms with E-state index in [4.69, 9.17) is 11.8 Å². The molecule has 1 saturated heterocycles. The molecule has 1 unspecified atom stereocenters. The van der Waals surface area contributed by atoms with Crippen LogP contribution in [-0.2, 0) is 16.1 Å². The number of aryl methyl sites for hydroxylation is 1. The fraction of sp³-hybridized carbons (Fsp3) is 0.500. The molecule has 4 N–H and O–H groups in total. The number of nitrogens with one attached hydrogen (secondary N) is 2. The number of rotatable bonds is 6. The molecular formula is C22H29ClN4O4S. The Bertz CT molecular complexity index is 991. The summed E-state index contributed by atoms with van der Waals surface area (Å²) in [6.07, 6.45) is -0.646. The molecule has 1 aromatic carbocycles. The third kappa shape index (κ3) is 5.23. The molecule has 2 aromatic rings. The zero-order valence-electron chi connectivity index (χ0n) is 18.6. The number of thiazole rings is 1. The van der Waals surface area contributed by atoms with E-state index < -0.39 is 23.6 Å². The van der Waals surface area contributed by atoms with Crippen LogP contribution in [0, 0.1) is 12.3 Å². The van der Waals surface area contributed by atoms with Gasteiger partial charge < -0.3 is 20.4 Å². The van der Waals surface area contributed by atoms with Crippen molar-refractivity contribution in [1.29, 1.82) is 0 Å². The summed E-state index contributed by atoms with van der Waals surface area (Å²) >= 11 is 7.31. The van der Waals surface area contributed by atoms with Crippen molar-refractivity contribution in [3.05, 3.63) is 35.0 Å². The molecule has 3 rings (SSSR count). The number of aromatic hydroxyl groups is 1.